The summed E-state index contributed by atoms with van der Waals surface area (Å²) >= 11 is 0. The number of ether oxygens (including phenoxy) is 1. The predicted molar refractivity (Wildman–Crippen MR) is 84.4 cm³/mol. The standard InChI is InChI=1S/C17H26N2O2/c1-6-19(5)16(20)12(2)18-14-11-17(3,4)21-15-10-8-7-9-13(14)15/h7-10,12,14,18H,6,11H2,1-5H3. The lowest BCUT2D eigenvalue weighted by Gasteiger charge is -2.39. The van der Waals surface area contributed by atoms with Gasteiger partial charge in [0.25, 0.3) is 0 Å². The number of amides is 1. The van der Waals surface area contributed by atoms with Crippen molar-refractivity contribution >= 4 is 5.91 Å². The lowest BCUT2D eigenvalue weighted by atomic mass is 9.89. The number of fused-ring (bicyclic) bond motifs is 1. The predicted octanol–water partition coefficient (Wildman–Crippen LogP) is 2.75. The Hall–Kier alpha value is -1.55. The number of carbonyl (C=O) groups is 1. The van der Waals surface area contributed by atoms with Crippen LogP contribution in [0.4, 0.5) is 0 Å². The molecule has 4 heteroatoms. The average molecular weight is 290 g/mol. The van der Waals surface area contributed by atoms with Crippen LogP contribution in [0, 0.1) is 0 Å². The molecule has 1 heterocycles. The minimum atomic E-state index is -0.231. The molecule has 2 unspecified atom stereocenters. The van der Waals surface area contributed by atoms with Gasteiger partial charge in [-0.25, -0.2) is 0 Å². The Labute approximate surface area is 127 Å². The third-order valence-electron chi connectivity index (χ3n) is 4.05. The summed E-state index contributed by atoms with van der Waals surface area (Å²) in [5.41, 5.74) is 0.904. The molecular weight excluding hydrogens is 264 g/mol. The van der Waals surface area contributed by atoms with Crippen LogP contribution in [0.2, 0.25) is 0 Å². The number of nitrogens with one attached hydrogen (secondary N) is 1. The second-order valence-electron chi connectivity index (χ2n) is 6.40. The minimum absolute atomic E-state index is 0.124. The normalized spacial score (nSPS) is 21.1. The number of nitrogens with zero attached hydrogens (tertiary/aromatic N) is 1. The van der Waals surface area contributed by atoms with Crippen molar-refractivity contribution in [3.63, 3.8) is 0 Å². The Bertz CT molecular complexity index is 513. The van der Waals surface area contributed by atoms with E-state index in [4.69, 9.17) is 4.74 Å². The SMILES string of the molecule is CCN(C)C(=O)C(C)NC1CC(C)(C)Oc2ccccc21. The van der Waals surface area contributed by atoms with E-state index in [-0.39, 0.29) is 23.6 Å². The number of hydrogen-bond acceptors (Lipinski definition) is 3. The Morgan fingerprint density at radius 2 is 2.14 bits per heavy atom. The second-order valence-corrected chi connectivity index (χ2v) is 6.40. The molecule has 0 aromatic heterocycles. The van der Waals surface area contributed by atoms with Crippen molar-refractivity contribution in [2.24, 2.45) is 0 Å². The Balaban J connectivity index is 2.18. The molecule has 1 aromatic carbocycles. The third kappa shape index (κ3) is 3.56. The van der Waals surface area contributed by atoms with Gasteiger partial charge in [-0.15, -0.1) is 0 Å². The van der Waals surface area contributed by atoms with E-state index in [1.54, 1.807) is 4.90 Å². The molecule has 116 valence electrons. The van der Waals surface area contributed by atoms with Gasteiger partial charge in [-0.05, 0) is 33.8 Å². The summed E-state index contributed by atoms with van der Waals surface area (Å²) < 4.78 is 6.02. The summed E-state index contributed by atoms with van der Waals surface area (Å²) in [7, 11) is 1.84. The fourth-order valence-electron chi connectivity index (χ4n) is 2.81. The average Bonchev–Trinajstić information content (AvgIpc) is 2.44. The molecule has 2 atom stereocenters. The minimum Gasteiger partial charge on any atom is -0.487 e. The van der Waals surface area contributed by atoms with Gasteiger partial charge in [-0.2, -0.15) is 0 Å². The molecule has 21 heavy (non-hydrogen) atoms. The molecule has 0 fully saturated rings. The van der Waals surface area contributed by atoms with E-state index in [0.717, 1.165) is 24.3 Å². The van der Waals surface area contributed by atoms with Gasteiger partial charge in [0.15, 0.2) is 0 Å². The fraction of sp³-hybridized carbons (Fsp3) is 0.588. The molecule has 0 bridgehead atoms. The highest BCUT2D eigenvalue weighted by atomic mass is 16.5. The Morgan fingerprint density at radius 3 is 2.81 bits per heavy atom. The summed E-state index contributed by atoms with van der Waals surface area (Å²) in [6, 6.07) is 7.99. The largest absolute Gasteiger partial charge is 0.487 e. The van der Waals surface area contributed by atoms with Gasteiger partial charge in [0, 0.05) is 31.6 Å². The van der Waals surface area contributed by atoms with Crippen LogP contribution in [-0.2, 0) is 4.79 Å². The van der Waals surface area contributed by atoms with E-state index in [2.05, 4.69) is 25.2 Å². The fourth-order valence-corrected chi connectivity index (χ4v) is 2.81. The molecule has 1 aromatic rings. The molecular formula is C17H26N2O2. The van der Waals surface area contributed by atoms with Crippen LogP contribution in [0.1, 0.15) is 45.7 Å². The van der Waals surface area contributed by atoms with Crippen LogP contribution < -0.4 is 10.1 Å². The molecule has 0 saturated heterocycles. The van der Waals surface area contributed by atoms with Gasteiger partial charge < -0.3 is 9.64 Å². The van der Waals surface area contributed by atoms with Crippen LogP contribution in [0.3, 0.4) is 0 Å². The molecule has 0 radical (unpaired) electrons. The van der Waals surface area contributed by atoms with Gasteiger partial charge in [0.2, 0.25) is 5.91 Å². The van der Waals surface area contributed by atoms with Crippen molar-refractivity contribution in [3.05, 3.63) is 29.8 Å². The van der Waals surface area contributed by atoms with Crippen molar-refractivity contribution in [1.29, 1.82) is 0 Å². The van der Waals surface area contributed by atoms with Crippen LogP contribution in [0.5, 0.6) is 5.75 Å². The number of benzene rings is 1. The smallest absolute Gasteiger partial charge is 0.239 e. The summed E-state index contributed by atoms with van der Waals surface area (Å²) in [5, 5.41) is 3.47. The monoisotopic (exact) mass is 290 g/mol. The molecule has 0 saturated carbocycles. The van der Waals surface area contributed by atoms with E-state index in [1.165, 1.54) is 0 Å². The van der Waals surface area contributed by atoms with Crippen LogP contribution in [-0.4, -0.2) is 36.0 Å². The molecule has 4 nitrogen and oxygen atoms in total. The van der Waals surface area contributed by atoms with Crippen molar-refractivity contribution in [3.8, 4) is 5.75 Å². The maximum atomic E-state index is 12.3. The Kier molecular flexibility index (Phi) is 4.57. The van der Waals surface area contributed by atoms with Crippen LogP contribution in [0.25, 0.3) is 0 Å². The first kappa shape index (κ1) is 15.8. The maximum absolute atomic E-state index is 12.3. The number of para-hydroxylation sites is 1. The van der Waals surface area contributed by atoms with Gasteiger partial charge in [-0.1, -0.05) is 18.2 Å². The van der Waals surface area contributed by atoms with Crippen molar-refractivity contribution in [1.82, 2.24) is 10.2 Å². The zero-order valence-corrected chi connectivity index (χ0v) is 13.6. The summed E-state index contributed by atoms with van der Waals surface area (Å²) in [6.45, 7) is 8.81. The topological polar surface area (TPSA) is 41.6 Å². The van der Waals surface area contributed by atoms with E-state index < -0.39 is 0 Å². The van der Waals surface area contributed by atoms with E-state index in [1.807, 2.05) is 39.1 Å². The quantitative estimate of drug-likeness (QED) is 0.927. The first-order valence-electron chi connectivity index (χ1n) is 7.63. The molecule has 1 N–H and O–H groups in total. The number of likely N-dealkylation sites (N-methyl/N-ethyl adjacent to an activating group) is 1. The highest BCUT2D eigenvalue weighted by Crippen LogP contribution is 2.39. The van der Waals surface area contributed by atoms with Crippen molar-refractivity contribution < 1.29 is 9.53 Å². The van der Waals surface area contributed by atoms with Gasteiger partial charge in [0.1, 0.15) is 11.4 Å². The number of rotatable bonds is 4. The molecule has 1 aliphatic rings. The van der Waals surface area contributed by atoms with Crippen molar-refractivity contribution in [2.75, 3.05) is 13.6 Å². The van der Waals surface area contributed by atoms with E-state index in [0.29, 0.717) is 0 Å². The van der Waals surface area contributed by atoms with Gasteiger partial charge >= 0.3 is 0 Å². The van der Waals surface area contributed by atoms with Gasteiger partial charge in [-0.3, -0.25) is 10.1 Å². The van der Waals surface area contributed by atoms with Crippen LogP contribution in [0.15, 0.2) is 24.3 Å². The molecule has 1 amide bonds. The number of carbonyl (C=O) groups excluding carboxylic acids is 1. The van der Waals surface area contributed by atoms with E-state index >= 15 is 0 Å². The third-order valence-corrected chi connectivity index (χ3v) is 4.05. The molecule has 1 aliphatic heterocycles. The Morgan fingerprint density at radius 1 is 1.48 bits per heavy atom. The first-order valence-corrected chi connectivity index (χ1v) is 7.63. The maximum Gasteiger partial charge on any atom is 0.239 e. The summed E-state index contributed by atoms with van der Waals surface area (Å²) in [4.78, 5) is 14.0. The van der Waals surface area contributed by atoms with Crippen LogP contribution >= 0.6 is 0 Å². The summed E-state index contributed by atoms with van der Waals surface area (Å²) in [6.07, 6.45) is 0.845. The lowest BCUT2D eigenvalue weighted by molar-refractivity contribution is -0.131. The highest BCUT2D eigenvalue weighted by Gasteiger charge is 2.34. The highest BCUT2D eigenvalue weighted by molar-refractivity contribution is 5.81. The number of hydrogen-bond donors (Lipinski definition) is 1. The molecule has 0 spiro atoms. The van der Waals surface area contributed by atoms with Gasteiger partial charge in [0.05, 0.1) is 6.04 Å². The second kappa shape index (κ2) is 6.06. The zero-order valence-electron chi connectivity index (χ0n) is 13.6. The molecule has 2 rings (SSSR count). The molecule has 0 aliphatic carbocycles. The van der Waals surface area contributed by atoms with E-state index in [9.17, 15) is 4.79 Å². The lowest BCUT2D eigenvalue weighted by Crippen LogP contribution is -2.47. The zero-order chi connectivity index (χ0) is 15.6. The first-order chi connectivity index (χ1) is 9.84. The summed E-state index contributed by atoms with van der Waals surface area (Å²) in [5.74, 6) is 1.04. The van der Waals surface area contributed by atoms with Crippen molar-refractivity contribution in [2.45, 2.75) is 51.8 Å².